The standard InChI is InChI=1S/C25H23BrN4O2S/c1-3-13-30-23(15-32-22-10-6-8-18-7-4-5-9-20(18)22)28-29-25(30)33-16-24(31)27-21-12-11-19(26)14-17(21)2/h3-12,14H,1,13,15-16H2,2H3,(H,27,31). The molecule has 6 nitrogen and oxygen atoms in total. The SMILES string of the molecule is C=CCn1c(COc2cccc3ccccc23)nnc1SCC(=O)Nc1ccc(Br)cc1C. The third kappa shape index (κ3) is 5.64. The Morgan fingerprint density at radius 3 is 2.82 bits per heavy atom. The number of rotatable bonds is 9. The highest BCUT2D eigenvalue weighted by Gasteiger charge is 2.15. The minimum absolute atomic E-state index is 0.105. The number of benzene rings is 3. The molecule has 1 N–H and O–H groups in total. The van der Waals surface area contributed by atoms with Crippen molar-refractivity contribution in [3.63, 3.8) is 0 Å². The fourth-order valence-electron chi connectivity index (χ4n) is 3.39. The molecule has 0 aliphatic heterocycles. The molecule has 0 atom stereocenters. The van der Waals surface area contributed by atoms with Crippen molar-refractivity contribution in [1.82, 2.24) is 14.8 Å². The van der Waals surface area contributed by atoms with E-state index in [1.807, 2.05) is 60.0 Å². The number of aromatic nitrogens is 3. The first-order valence-corrected chi connectivity index (χ1v) is 12.2. The number of amides is 1. The molecule has 0 radical (unpaired) electrons. The van der Waals surface area contributed by atoms with Crippen molar-refractivity contribution in [2.24, 2.45) is 0 Å². The molecule has 4 aromatic rings. The quantitative estimate of drug-likeness (QED) is 0.215. The molecule has 0 unspecified atom stereocenters. The Morgan fingerprint density at radius 2 is 2.00 bits per heavy atom. The molecular formula is C25H23BrN4O2S. The molecule has 1 aromatic heterocycles. The molecule has 0 saturated carbocycles. The largest absolute Gasteiger partial charge is 0.485 e. The van der Waals surface area contributed by atoms with Gasteiger partial charge in [0.15, 0.2) is 11.0 Å². The summed E-state index contributed by atoms with van der Waals surface area (Å²) in [5, 5.41) is 14.3. The Kier molecular flexibility index (Phi) is 7.47. The predicted octanol–water partition coefficient (Wildman–Crippen LogP) is 6.00. The zero-order chi connectivity index (χ0) is 23.2. The van der Waals surface area contributed by atoms with Gasteiger partial charge in [0.05, 0.1) is 5.75 Å². The van der Waals surface area contributed by atoms with Crippen molar-refractivity contribution >= 4 is 50.1 Å². The monoisotopic (exact) mass is 522 g/mol. The Bertz CT molecular complexity index is 1300. The summed E-state index contributed by atoms with van der Waals surface area (Å²) in [6, 6.07) is 19.8. The molecule has 8 heteroatoms. The molecule has 33 heavy (non-hydrogen) atoms. The van der Waals surface area contributed by atoms with Gasteiger partial charge >= 0.3 is 0 Å². The fraction of sp³-hybridized carbons (Fsp3) is 0.160. The molecular weight excluding hydrogens is 500 g/mol. The van der Waals surface area contributed by atoms with Gasteiger partial charge in [-0.05, 0) is 42.1 Å². The second kappa shape index (κ2) is 10.7. The van der Waals surface area contributed by atoms with E-state index in [9.17, 15) is 4.79 Å². The molecule has 0 bridgehead atoms. The molecule has 0 aliphatic rings. The number of ether oxygens (including phenoxy) is 1. The van der Waals surface area contributed by atoms with Crippen molar-refractivity contribution in [2.75, 3.05) is 11.1 Å². The van der Waals surface area contributed by atoms with Gasteiger partial charge in [0, 0.05) is 22.1 Å². The van der Waals surface area contributed by atoms with E-state index in [0.29, 0.717) is 17.5 Å². The van der Waals surface area contributed by atoms with E-state index in [4.69, 9.17) is 4.74 Å². The Balaban J connectivity index is 1.43. The topological polar surface area (TPSA) is 69.0 Å². The summed E-state index contributed by atoms with van der Waals surface area (Å²) in [5.41, 5.74) is 1.78. The zero-order valence-electron chi connectivity index (χ0n) is 18.1. The minimum Gasteiger partial charge on any atom is -0.485 e. The van der Waals surface area contributed by atoms with Crippen LogP contribution in [0.25, 0.3) is 10.8 Å². The average molecular weight is 523 g/mol. The van der Waals surface area contributed by atoms with Crippen LogP contribution in [0, 0.1) is 6.92 Å². The van der Waals surface area contributed by atoms with Gasteiger partial charge in [0.1, 0.15) is 12.4 Å². The number of halogens is 1. The summed E-state index contributed by atoms with van der Waals surface area (Å²) in [4.78, 5) is 12.5. The van der Waals surface area contributed by atoms with Crippen molar-refractivity contribution < 1.29 is 9.53 Å². The number of aryl methyl sites for hydroxylation is 1. The Labute approximate surface area is 205 Å². The summed E-state index contributed by atoms with van der Waals surface area (Å²) >= 11 is 4.77. The third-order valence-corrected chi connectivity index (χ3v) is 6.47. The maximum absolute atomic E-state index is 12.5. The molecule has 0 spiro atoms. The normalized spacial score (nSPS) is 10.8. The van der Waals surface area contributed by atoms with Crippen LogP contribution in [0.4, 0.5) is 5.69 Å². The first-order chi connectivity index (χ1) is 16.0. The van der Waals surface area contributed by atoms with E-state index in [1.54, 1.807) is 6.08 Å². The van der Waals surface area contributed by atoms with Gasteiger partial charge in [-0.2, -0.15) is 0 Å². The van der Waals surface area contributed by atoms with Gasteiger partial charge in [-0.25, -0.2) is 0 Å². The van der Waals surface area contributed by atoms with E-state index in [-0.39, 0.29) is 18.3 Å². The van der Waals surface area contributed by atoms with Crippen LogP contribution in [0.15, 0.2) is 82.9 Å². The van der Waals surface area contributed by atoms with Gasteiger partial charge in [-0.1, -0.05) is 70.2 Å². The molecule has 0 saturated heterocycles. The second-order valence-corrected chi connectivity index (χ2v) is 9.22. The summed E-state index contributed by atoms with van der Waals surface area (Å²) in [5.74, 6) is 1.58. The average Bonchev–Trinajstić information content (AvgIpc) is 3.20. The molecule has 0 aliphatic carbocycles. The van der Waals surface area contributed by atoms with E-state index in [0.717, 1.165) is 32.2 Å². The number of nitrogens with one attached hydrogen (secondary N) is 1. The van der Waals surface area contributed by atoms with Crippen LogP contribution >= 0.6 is 27.7 Å². The predicted molar refractivity (Wildman–Crippen MR) is 137 cm³/mol. The van der Waals surface area contributed by atoms with Crippen LogP contribution in [-0.4, -0.2) is 26.4 Å². The highest BCUT2D eigenvalue weighted by molar-refractivity contribution is 9.10. The van der Waals surface area contributed by atoms with Crippen molar-refractivity contribution in [2.45, 2.75) is 25.2 Å². The second-order valence-electron chi connectivity index (χ2n) is 7.36. The lowest BCUT2D eigenvalue weighted by Crippen LogP contribution is -2.15. The Hall–Kier alpha value is -3.10. The lowest BCUT2D eigenvalue weighted by molar-refractivity contribution is -0.113. The smallest absolute Gasteiger partial charge is 0.234 e. The van der Waals surface area contributed by atoms with Crippen LogP contribution in [0.5, 0.6) is 5.75 Å². The zero-order valence-corrected chi connectivity index (χ0v) is 20.5. The first kappa shape index (κ1) is 23.1. The van der Waals surface area contributed by atoms with Crippen molar-refractivity contribution in [3.8, 4) is 5.75 Å². The highest BCUT2D eigenvalue weighted by Crippen LogP contribution is 2.26. The maximum atomic E-state index is 12.5. The van der Waals surface area contributed by atoms with Crippen LogP contribution in [-0.2, 0) is 17.9 Å². The van der Waals surface area contributed by atoms with E-state index >= 15 is 0 Å². The van der Waals surface area contributed by atoms with Gasteiger partial charge in [-0.3, -0.25) is 9.36 Å². The molecule has 3 aromatic carbocycles. The van der Waals surface area contributed by atoms with E-state index in [2.05, 4.69) is 50.2 Å². The van der Waals surface area contributed by atoms with Gasteiger partial charge in [0.25, 0.3) is 0 Å². The van der Waals surface area contributed by atoms with Crippen LogP contribution in [0.2, 0.25) is 0 Å². The van der Waals surface area contributed by atoms with Crippen molar-refractivity contribution in [1.29, 1.82) is 0 Å². The minimum atomic E-state index is -0.105. The van der Waals surface area contributed by atoms with Gasteiger partial charge < -0.3 is 10.1 Å². The molecule has 168 valence electrons. The first-order valence-electron chi connectivity index (χ1n) is 10.4. The number of anilines is 1. The van der Waals surface area contributed by atoms with Crippen molar-refractivity contribution in [3.05, 3.63) is 89.2 Å². The van der Waals surface area contributed by atoms with Gasteiger partial charge in [0.2, 0.25) is 5.91 Å². The van der Waals surface area contributed by atoms with Gasteiger partial charge in [-0.15, -0.1) is 16.8 Å². The maximum Gasteiger partial charge on any atom is 0.234 e. The molecule has 1 amide bonds. The molecule has 0 fully saturated rings. The van der Waals surface area contributed by atoms with E-state index in [1.165, 1.54) is 11.8 Å². The molecule has 4 rings (SSSR count). The van der Waals surface area contributed by atoms with Crippen LogP contribution < -0.4 is 10.1 Å². The lowest BCUT2D eigenvalue weighted by Gasteiger charge is -2.11. The summed E-state index contributed by atoms with van der Waals surface area (Å²) < 4.78 is 8.98. The summed E-state index contributed by atoms with van der Waals surface area (Å²) in [7, 11) is 0. The number of hydrogen-bond acceptors (Lipinski definition) is 5. The number of allylic oxidation sites excluding steroid dienone is 1. The fourth-order valence-corrected chi connectivity index (χ4v) is 4.63. The third-order valence-electron chi connectivity index (χ3n) is 5.01. The number of carbonyl (C=O) groups is 1. The summed E-state index contributed by atoms with van der Waals surface area (Å²) in [6.07, 6.45) is 1.78. The van der Waals surface area contributed by atoms with Crippen LogP contribution in [0.3, 0.4) is 0 Å². The lowest BCUT2D eigenvalue weighted by atomic mass is 10.1. The number of fused-ring (bicyclic) bond motifs is 1. The number of thioether (sulfide) groups is 1. The van der Waals surface area contributed by atoms with Crippen LogP contribution in [0.1, 0.15) is 11.4 Å². The summed E-state index contributed by atoms with van der Waals surface area (Å²) in [6.45, 7) is 6.58. The number of carbonyl (C=O) groups excluding carboxylic acids is 1. The number of nitrogens with zero attached hydrogens (tertiary/aromatic N) is 3. The Morgan fingerprint density at radius 1 is 1.18 bits per heavy atom. The van der Waals surface area contributed by atoms with E-state index < -0.39 is 0 Å². The molecule has 1 heterocycles. The number of hydrogen-bond donors (Lipinski definition) is 1. The highest BCUT2D eigenvalue weighted by atomic mass is 79.9.